The Hall–Kier alpha value is -4.85. The average Bonchev–Trinajstić information content (AvgIpc) is 3.48. The van der Waals surface area contributed by atoms with Crippen molar-refractivity contribution in [2.75, 3.05) is 36.4 Å². The molecule has 0 saturated carbocycles. The number of alkyl halides is 4. The molecule has 46 heavy (non-hydrogen) atoms. The van der Waals surface area contributed by atoms with Crippen molar-refractivity contribution in [1.29, 1.82) is 0 Å². The van der Waals surface area contributed by atoms with Gasteiger partial charge in [-0.05, 0) is 47.5 Å². The number of amides is 2. The number of hydrogen-bond donors (Lipinski definition) is 3. The van der Waals surface area contributed by atoms with Crippen molar-refractivity contribution in [2.24, 2.45) is 0 Å². The van der Waals surface area contributed by atoms with Crippen LogP contribution in [0.15, 0.2) is 67.6 Å². The maximum Gasteiger partial charge on any atom is 0.274 e. The van der Waals surface area contributed by atoms with Gasteiger partial charge in [-0.2, -0.15) is 0 Å². The number of aromatic amines is 1. The van der Waals surface area contributed by atoms with Crippen molar-refractivity contribution < 1.29 is 27.2 Å². The number of likely N-dealkylation sites (tertiary alicyclic amines) is 1. The third kappa shape index (κ3) is 6.86. The van der Waals surface area contributed by atoms with Crippen LogP contribution in [0.4, 0.5) is 29.1 Å². The van der Waals surface area contributed by atoms with Crippen LogP contribution in [0.1, 0.15) is 35.3 Å². The lowest BCUT2D eigenvalue weighted by Gasteiger charge is -2.38. The second-order valence-corrected chi connectivity index (χ2v) is 11.6. The van der Waals surface area contributed by atoms with Crippen molar-refractivity contribution in [3.63, 3.8) is 0 Å². The maximum atomic E-state index is 14.4. The Balaban J connectivity index is 1.10. The van der Waals surface area contributed by atoms with Crippen LogP contribution >= 0.6 is 0 Å². The molecule has 5 heterocycles. The topological polar surface area (TPSA) is 119 Å². The molecule has 2 saturated heterocycles. The Morgan fingerprint density at radius 3 is 2.50 bits per heavy atom. The molecule has 1 aromatic carbocycles. The number of fused-ring (bicyclic) bond motifs is 1. The number of halogens is 4. The third-order valence-electron chi connectivity index (χ3n) is 8.33. The molecule has 14 heteroatoms. The van der Waals surface area contributed by atoms with Gasteiger partial charge in [0.1, 0.15) is 29.5 Å². The molecule has 0 spiro atoms. The normalized spacial score (nSPS) is 19.5. The lowest BCUT2D eigenvalue weighted by molar-refractivity contribution is -0.126. The van der Waals surface area contributed by atoms with Crippen LogP contribution in [0.5, 0.6) is 0 Å². The van der Waals surface area contributed by atoms with E-state index in [2.05, 4.69) is 37.1 Å². The van der Waals surface area contributed by atoms with Crippen LogP contribution in [-0.2, 0) is 11.3 Å². The zero-order chi connectivity index (χ0) is 32.5. The average molecular weight is 637 g/mol. The van der Waals surface area contributed by atoms with Crippen molar-refractivity contribution in [3.05, 3.63) is 78.9 Å². The minimum atomic E-state index is -3.03. The molecule has 3 N–H and O–H groups in total. The van der Waals surface area contributed by atoms with Crippen LogP contribution in [0, 0.1) is 0 Å². The Kier molecular flexibility index (Phi) is 8.47. The Morgan fingerprint density at radius 1 is 1.00 bits per heavy atom. The van der Waals surface area contributed by atoms with Gasteiger partial charge in [0.25, 0.3) is 17.8 Å². The monoisotopic (exact) mass is 636 g/mol. The summed E-state index contributed by atoms with van der Waals surface area (Å²) >= 11 is 0. The summed E-state index contributed by atoms with van der Waals surface area (Å²) in [5, 5.41) is 5.88. The van der Waals surface area contributed by atoms with E-state index >= 15 is 0 Å². The first-order chi connectivity index (χ1) is 22.0. The van der Waals surface area contributed by atoms with E-state index in [0.717, 1.165) is 22.7 Å². The summed E-state index contributed by atoms with van der Waals surface area (Å²) in [7, 11) is 0. The molecule has 10 nitrogen and oxygen atoms in total. The van der Waals surface area contributed by atoms with Gasteiger partial charge in [0.05, 0.1) is 5.39 Å². The summed E-state index contributed by atoms with van der Waals surface area (Å²) in [5.41, 5.74) is 3.59. The molecule has 0 aliphatic carbocycles. The number of carbonyl (C=O) groups excluding carboxylic acids is 2. The molecule has 2 fully saturated rings. The quantitative estimate of drug-likeness (QED) is 0.184. The van der Waals surface area contributed by atoms with Crippen LogP contribution in [0.3, 0.4) is 0 Å². The SMILES string of the molecule is C=CC(=O)N[C@H]1CN(Cc2ccnc(C(=O)Nc3ccc(-c4cc5c(N6CCC(F)(F)CC6)ncnc5[nH]4)cc3)c2)CCC1(F)F. The fraction of sp³-hybridized carbons (Fsp3) is 0.344. The molecule has 2 aliphatic heterocycles. The van der Waals surface area contributed by atoms with E-state index in [4.69, 9.17) is 0 Å². The molecule has 1 atom stereocenters. The van der Waals surface area contributed by atoms with E-state index < -0.39 is 36.1 Å². The number of rotatable bonds is 8. The summed E-state index contributed by atoms with van der Waals surface area (Å²) in [5.74, 6) is -6.17. The number of benzene rings is 1. The summed E-state index contributed by atoms with van der Waals surface area (Å²) < 4.78 is 56.1. The second-order valence-electron chi connectivity index (χ2n) is 11.6. The Bertz CT molecular complexity index is 1750. The van der Waals surface area contributed by atoms with E-state index in [1.807, 2.05) is 23.1 Å². The van der Waals surface area contributed by atoms with Gasteiger partial charge >= 0.3 is 0 Å². The molecule has 0 radical (unpaired) electrons. The largest absolute Gasteiger partial charge is 0.356 e. The Morgan fingerprint density at radius 2 is 1.76 bits per heavy atom. The first-order valence-corrected chi connectivity index (χ1v) is 14.9. The van der Waals surface area contributed by atoms with E-state index in [1.54, 1.807) is 29.2 Å². The van der Waals surface area contributed by atoms with E-state index in [0.29, 0.717) is 29.3 Å². The number of carbonyl (C=O) groups is 2. The number of pyridine rings is 1. The van der Waals surface area contributed by atoms with Crippen molar-refractivity contribution in [2.45, 2.75) is 43.7 Å². The van der Waals surface area contributed by atoms with Gasteiger partial charge in [0.15, 0.2) is 0 Å². The van der Waals surface area contributed by atoms with Gasteiger partial charge in [-0.3, -0.25) is 19.5 Å². The fourth-order valence-corrected chi connectivity index (χ4v) is 5.75. The van der Waals surface area contributed by atoms with Crippen molar-refractivity contribution in [1.82, 2.24) is 30.2 Å². The molecule has 4 aromatic rings. The van der Waals surface area contributed by atoms with Crippen LogP contribution < -0.4 is 15.5 Å². The van der Waals surface area contributed by atoms with Gasteiger partial charge in [0, 0.05) is 69.6 Å². The first kappa shape index (κ1) is 31.1. The highest BCUT2D eigenvalue weighted by molar-refractivity contribution is 6.03. The number of H-pyrrole nitrogens is 1. The minimum Gasteiger partial charge on any atom is -0.356 e. The molecule has 6 rings (SSSR count). The predicted molar refractivity (Wildman–Crippen MR) is 165 cm³/mol. The first-order valence-electron chi connectivity index (χ1n) is 14.9. The predicted octanol–water partition coefficient (Wildman–Crippen LogP) is 5.02. The highest BCUT2D eigenvalue weighted by atomic mass is 19.3. The van der Waals surface area contributed by atoms with E-state index in [1.165, 1.54) is 12.5 Å². The molecular weight excluding hydrogens is 604 g/mol. The zero-order valence-corrected chi connectivity index (χ0v) is 24.8. The van der Waals surface area contributed by atoms with Gasteiger partial charge in [0.2, 0.25) is 5.91 Å². The van der Waals surface area contributed by atoms with Gasteiger partial charge < -0.3 is 20.5 Å². The number of anilines is 2. The highest BCUT2D eigenvalue weighted by Gasteiger charge is 2.44. The number of hydrogen-bond acceptors (Lipinski definition) is 7. The van der Waals surface area contributed by atoms with Crippen LogP contribution in [-0.4, -0.2) is 80.7 Å². The summed E-state index contributed by atoms with van der Waals surface area (Å²) in [6, 6.07) is 11.0. The highest BCUT2D eigenvalue weighted by Crippen LogP contribution is 2.34. The van der Waals surface area contributed by atoms with Crippen molar-refractivity contribution >= 4 is 34.4 Å². The van der Waals surface area contributed by atoms with Gasteiger partial charge in [-0.1, -0.05) is 18.7 Å². The standard InChI is InChI=1S/C32H32F4N8O2/c1-2-27(45)42-26-18-43(12-10-32(26,35)36)17-20-7-11-37-25(15-20)30(46)40-22-5-3-21(4-6-22)24-16-23-28(41-24)38-19-39-29(23)44-13-8-31(33,34)9-14-44/h2-7,11,15-16,19,26H,1,8-10,12-14,17-18H2,(H,40,46)(H,42,45)(H,38,39,41)/t26-/m0/s1. The maximum absolute atomic E-state index is 14.4. The van der Waals surface area contributed by atoms with E-state index in [-0.39, 0.29) is 44.7 Å². The van der Waals surface area contributed by atoms with E-state index in [9.17, 15) is 27.2 Å². The molecule has 2 aliphatic rings. The van der Waals surface area contributed by atoms with Crippen LogP contribution in [0.25, 0.3) is 22.3 Å². The summed E-state index contributed by atoms with van der Waals surface area (Å²) in [6.07, 6.45) is 3.02. The lowest BCUT2D eigenvalue weighted by Crippen LogP contribution is -2.58. The summed E-state index contributed by atoms with van der Waals surface area (Å²) in [6.45, 7) is 4.12. The zero-order valence-electron chi connectivity index (χ0n) is 24.8. The minimum absolute atomic E-state index is 0.0514. The van der Waals surface area contributed by atoms with Crippen molar-refractivity contribution in [3.8, 4) is 11.3 Å². The summed E-state index contributed by atoms with van der Waals surface area (Å²) in [4.78, 5) is 44.5. The van der Waals surface area contributed by atoms with Gasteiger partial charge in [-0.25, -0.2) is 27.5 Å². The number of nitrogens with one attached hydrogen (secondary N) is 3. The molecule has 240 valence electrons. The smallest absolute Gasteiger partial charge is 0.274 e. The molecule has 0 unspecified atom stereocenters. The van der Waals surface area contributed by atoms with Gasteiger partial charge in [-0.15, -0.1) is 0 Å². The fourth-order valence-electron chi connectivity index (χ4n) is 5.75. The molecule has 0 bridgehead atoms. The molecule has 2 amide bonds. The number of nitrogens with zero attached hydrogens (tertiary/aromatic N) is 5. The number of piperidine rings is 2. The molecular formula is C32H32F4N8O2. The van der Waals surface area contributed by atoms with Crippen LogP contribution in [0.2, 0.25) is 0 Å². The lowest BCUT2D eigenvalue weighted by atomic mass is 10.00. The Labute approximate surface area is 261 Å². The number of aromatic nitrogens is 4. The second kappa shape index (κ2) is 12.5. The molecule has 3 aromatic heterocycles. The third-order valence-corrected chi connectivity index (χ3v) is 8.33.